The van der Waals surface area contributed by atoms with Crippen LogP contribution >= 0.6 is 0 Å². The Balaban J connectivity index is 2.44. The van der Waals surface area contributed by atoms with Gasteiger partial charge in [0.1, 0.15) is 11.5 Å². The molecule has 0 atom stereocenters. The Morgan fingerprint density at radius 1 is 0.667 bits per heavy atom. The van der Waals surface area contributed by atoms with Crippen LogP contribution in [-0.2, 0) is 0 Å². The minimum atomic E-state index is -0.497. The van der Waals surface area contributed by atoms with E-state index in [1.807, 2.05) is 0 Å². The van der Waals surface area contributed by atoms with E-state index in [2.05, 4.69) is 0 Å². The number of phenolic OH excluding ortho intramolecular Hbond substituents is 4. The summed E-state index contributed by atoms with van der Waals surface area (Å²) in [5.41, 5.74) is 0.580. The summed E-state index contributed by atoms with van der Waals surface area (Å²) in [6.45, 7) is 0. The van der Waals surface area contributed by atoms with Crippen molar-refractivity contribution in [2.24, 2.45) is 0 Å². The number of benzene rings is 2. The molecule has 5 heteroatoms. The summed E-state index contributed by atoms with van der Waals surface area (Å²) < 4.78 is 0. The highest BCUT2D eigenvalue weighted by Crippen LogP contribution is 2.48. The molecule has 0 fully saturated rings. The largest absolute Gasteiger partial charge is 0.507 e. The number of carbonyl (C=O) groups excluding carboxylic acids is 1. The molecule has 0 amide bonds. The van der Waals surface area contributed by atoms with Crippen LogP contribution in [0.1, 0.15) is 15.9 Å². The van der Waals surface area contributed by atoms with Gasteiger partial charge >= 0.3 is 0 Å². The number of hydrogen-bond acceptors (Lipinski definition) is 5. The van der Waals surface area contributed by atoms with Gasteiger partial charge in [-0.1, -0.05) is 0 Å². The van der Waals surface area contributed by atoms with Crippen molar-refractivity contribution >= 4 is 5.78 Å². The molecule has 4 N–H and O–H groups in total. The lowest BCUT2D eigenvalue weighted by Crippen LogP contribution is -1.95. The molecule has 0 unspecified atom stereocenters. The summed E-state index contributed by atoms with van der Waals surface area (Å²) in [4.78, 5) is 12.1. The number of fused-ring (bicyclic) bond motifs is 3. The topological polar surface area (TPSA) is 98.0 Å². The zero-order valence-electron chi connectivity index (χ0n) is 9.01. The van der Waals surface area contributed by atoms with Gasteiger partial charge < -0.3 is 20.4 Å². The van der Waals surface area contributed by atoms with Crippen molar-refractivity contribution in [1.82, 2.24) is 0 Å². The molecule has 2 aromatic carbocycles. The van der Waals surface area contributed by atoms with Gasteiger partial charge in [0.05, 0.1) is 5.56 Å². The zero-order valence-corrected chi connectivity index (χ0v) is 9.01. The van der Waals surface area contributed by atoms with Crippen molar-refractivity contribution < 1.29 is 25.2 Å². The molecule has 0 aliphatic heterocycles. The molecule has 18 heavy (non-hydrogen) atoms. The van der Waals surface area contributed by atoms with Crippen LogP contribution < -0.4 is 0 Å². The summed E-state index contributed by atoms with van der Waals surface area (Å²) in [5.74, 6) is -1.72. The normalized spacial score (nSPS) is 12.3. The first-order valence-electron chi connectivity index (χ1n) is 5.16. The van der Waals surface area contributed by atoms with Gasteiger partial charge in [0.2, 0.25) is 0 Å². The Labute approximate surface area is 101 Å². The van der Waals surface area contributed by atoms with Crippen LogP contribution in [0.15, 0.2) is 24.3 Å². The Kier molecular flexibility index (Phi) is 1.84. The predicted molar refractivity (Wildman–Crippen MR) is 62.0 cm³/mol. The van der Waals surface area contributed by atoms with Crippen LogP contribution in [0.3, 0.4) is 0 Å². The maximum Gasteiger partial charge on any atom is 0.198 e. The van der Waals surface area contributed by atoms with Crippen molar-refractivity contribution in [2.75, 3.05) is 0 Å². The van der Waals surface area contributed by atoms with Gasteiger partial charge in [0, 0.05) is 16.7 Å². The molecule has 0 heterocycles. The molecule has 0 bridgehead atoms. The van der Waals surface area contributed by atoms with E-state index in [9.17, 15) is 25.2 Å². The van der Waals surface area contributed by atoms with Gasteiger partial charge in [0.25, 0.3) is 0 Å². The van der Waals surface area contributed by atoms with E-state index in [1.54, 1.807) is 0 Å². The Morgan fingerprint density at radius 3 is 1.78 bits per heavy atom. The third-order valence-corrected chi connectivity index (χ3v) is 3.02. The Morgan fingerprint density at radius 2 is 1.17 bits per heavy atom. The van der Waals surface area contributed by atoms with Gasteiger partial charge in [-0.15, -0.1) is 0 Å². The fourth-order valence-corrected chi connectivity index (χ4v) is 2.19. The van der Waals surface area contributed by atoms with E-state index < -0.39 is 17.3 Å². The molecule has 3 rings (SSSR count). The van der Waals surface area contributed by atoms with E-state index in [0.717, 1.165) is 6.07 Å². The molecule has 5 nitrogen and oxygen atoms in total. The monoisotopic (exact) mass is 244 g/mol. The van der Waals surface area contributed by atoms with Crippen LogP contribution in [-0.4, -0.2) is 26.2 Å². The molecule has 0 radical (unpaired) electrons. The SMILES string of the molecule is O=C1c2cc(O)c(O)cc2-c2c(O)ccc(O)c21. The van der Waals surface area contributed by atoms with E-state index in [1.165, 1.54) is 18.2 Å². The fourth-order valence-electron chi connectivity index (χ4n) is 2.19. The third kappa shape index (κ3) is 1.13. The minimum absolute atomic E-state index is 0.0185. The van der Waals surface area contributed by atoms with E-state index in [0.29, 0.717) is 5.56 Å². The van der Waals surface area contributed by atoms with E-state index in [-0.39, 0.29) is 28.2 Å². The van der Waals surface area contributed by atoms with Crippen molar-refractivity contribution in [2.45, 2.75) is 0 Å². The molecular formula is C13H8O5. The van der Waals surface area contributed by atoms with Gasteiger partial charge in [0.15, 0.2) is 17.3 Å². The number of carbonyl (C=O) groups is 1. The van der Waals surface area contributed by atoms with Crippen LogP contribution in [0, 0.1) is 0 Å². The van der Waals surface area contributed by atoms with Gasteiger partial charge in [-0.05, 0) is 24.3 Å². The first kappa shape index (κ1) is 10.5. The fraction of sp³-hybridized carbons (Fsp3) is 0. The number of aromatic hydroxyl groups is 4. The van der Waals surface area contributed by atoms with Crippen molar-refractivity contribution in [3.8, 4) is 34.1 Å². The lowest BCUT2D eigenvalue weighted by Gasteiger charge is -2.05. The summed E-state index contributed by atoms with van der Waals surface area (Å²) in [5, 5.41) is 38.3. The second-order valence-corrected chi connectivity index (χ2v) is 4.07. The lowest BCUT2D eigenvalue weighted by molar-refractivity contribution is 0.104. The van der Waals surface area contributed by atoms with Crippen LogP contribution in [0.25, 0.3) is 11.1 Å². The first-order chi connectivity index (χ1) is 8.50. The molecular weight excluding hydrogens is 236 g/mol. The van der Waals surface area contributed by atoms with E-state index >= 15 is 0 Å². The summed E-state index contributed by atoms with van der Waals surface area (Å²) >= 11 is 0. The zero-order chi connectivity index (χ0) is 13.0. The van der Waals surface area contributed by atoms with Gasteiger partial charge in [-0.25, -0.2) is 0 Å². The number of phenols is 4. The first-order valence-corrected chi connectivity index (χ1v) is 5.16. The molecule has 0 saturated carbocycles. The van der Waals surface area contributed by atoms with Crippen molar-refractivity contribution in [3.05, 3.63) is 35.4 Å². The smallest absolute Gasteiger partial charge is 0.198 e. The molecule has 90 valence electrons. The van der Waals surface area contributed by atoms with Crippen molar-refractivity contribution in [1.29, 1.82) is 0 Å². The molecule has 0 aromatic heterocycles. The summed E-state index contributed by atoms with van der Waals surface area (Å²) in [7, 11) is 0. The highest BCUT2D eigenvalue weighted by atomic mass is 16.3. The Bertz CT molecular complexity index is 703. The lowest BCUT2D eigenvalue weighted by atomic mass is 10.0. The molecule has 1 aliphatic rings. The number of hydrogen-bond donors (Lipinski definition) is 4. The second kappa shape index (κ2) is 3.16. The quantitative estimate of drug-likeness (QED) is 0.356. The van der Waals surface area contributed by atoms with Crippen LogP contribution in [0.4, 0.5) is 0 Å². The maximum atomic E-state index is 12.1. The van der Waals surface area contributed by atoms with Crippen LogP contribution in [0.2, 0.25) is 0 Å². The third-order valence-electron chi connectivity index (χ3n) is 3.02. The van der Waals surface area contributed by atoms with Gasteiger partial charge in [-0.2, -0.15) is 0 Å². The molecule has 1 aliphatic carbocycles. The summed E-state index contributed by atoms with van der Waals surface area (Å²) in [6, 6.07) is 4.79. The standard InChI is InChI=1S/C13H8O5/c14-7-1-2-8(15)12-11(7)5-3-9(16)10(17)4-6(5)13(12)18/h1-4,14-17H. The van der Waals surface area contributed by atoms with E-state index in [4.69, 9.17) is 0 Å². The number of rotatable bonds is 0. The second-order valence-electron chi connectivity index (χ2n) is 4.07. The number of ketones is 1. The van der Waals surface area contributed by atoms with Gasteiger partial charge in [-0.3, -0.25) is 4.79 Å². The molecule has 0 saturated heterocycles. The highest BCUT2D eigenvalue weighted by molar-refractivity contribution is 6.24. The molecule has 0 spiro atoms. The predicted octanol–water partition coefficient (Wildman–Crippen LogP) is 1.72. The van der Waals surface area contributed by atoms with Crippen molar-refractivity contribution in [3.63, 3.8) is 0 Å². The average molecular weight is 244 g/mol. The average Bonchev–Trinajstić information content (AvgIpc) is 2.60. The summed E-state index contributed by atoms with van der Waals surface area (Å²) in [6.07, 6.45) is 0. The Hall–Kier alpha value is -2.69. The minimum Gasteiger partial charge on any atom is -0.507 e. The maximum absolute atomic E-state index is 12.1. The molecule has 2 aromatic rings. The highest BCUT2D eigenvalue weighted by Gasteiger charge is 2.33. The van der Waals surface area contributed by atoms with Crippen LogP contribution in [0.5, 0.6) is 23.0 Å².